The van der Waals surface area contributed by atoms with E-state index in [0.717, 1.165) is 22.3 Å². The quantitative estimate of drug-likeness (QED) is 0.793. The number of fused-ring (bicyclic) bond motifs is 1. The summed E-state index contributed by atoms with van der Waals surface area (Å²) in [4.78, 5) is 11.6. The van der Waals surface area contributed by atoms with Crippen molar-refractivity contribution in [3.8, 4) is 0 Å². The van der Waals surface area contributed by atoms with Crippen LogP contribution in [0.1, 0.15) is 19.8 Å². The van der Waals surface area contributed by atoms with Gasteiger partial charge in [0.1, 0.15) is 0 Å². The third kappa shape index (κ3) is 2.27. The third-order valence-electron chi connectivity index (χ3n) is 2.61. The van der Waals surface area contributed by atoms with Gasteiger partial charge in [-0.1, -0.05) is 18.5 Å². The molecule has 3 heteroatoms. The molecule has 0 aliphatic rings. The maximum Gasteiger partial charge on any atom is 0.152 e. The van der Waals surface area contributed by atoms with Crippen LogP contribution < -0.4 is 0 Å². The first-order valence-electron chi connectivity index (χ1n) is 5.47. The van der Waals surface area contributed by atoms with E-state index in [2.05, 4.69) is 0 Å². The summed E-state index contributed by atoms with van der Waals surface area (Å²) in [5.74, 6) is 0.273. The zero-order chi connectivity index (χ0) is 11.5. The number of carbonyl (C=O) groups is 1. The zero-order valence-corrected chi connectivity index (χ0v) is 10.00. The Morgan fingerprint density at radius 2 is 2.19 bits per heavy atom. The number of ketones is 1. The SMILES string of the molecule is CCCC(=O)Cn1ccc2cc(Cl)ccc21. The van der Waals surface area contributed by atoms with Crippen LogP contribution in [-0.4, -0.2) is 10.4 Å². The molecule has 0 amide bonds. The first-order valence-corrected chi connectivity index (χ1v) is 5.84. The van der Waals surface area contributed by atoms with Crippen LogP contribution in [0, 0.1) is 0 Å². The Bertz CT molecular complexity index is 516. The van der Waals surface area contributed by atoms with Gasteiger partial charge in [-0.3, -0.25) is 4.79 Å². The Hall–Kier alpha value is -1.28. The smallest absolute Gasteiger partial charge is 0.152 e. The first kappa shape index (κ1) is 11.2. The predicted octanol–water partition coefficient (Wildman–Crippen LogP) is 3.66. The van der Waals surface area contributed by atoms with Crippen LogP contribution in [0.15, 0.2) is 30.5 Å². The Morgan fingerprint density at radius 3 is 2.94 bits per heavy atom. The van der Waals surface area contributed by atoms with Gasteiger partial charge in [-0.05, 0) is 30.7 Å². The van der Waals surface area contributed by atoms with E-state index >= 15 is 0 Å². The molecule has 84 valence electrons. The lowest BCUT2D eigenvalue weighted by Gasteiger charge is -2.03. The summed E-state index contributed by atoms with van der Waals surface area (Å²) in [5, 5.41) is 1.81. The molecule has 1 aromatic carbocycles. The van der Waals surface area contributed by atoms with Crippen molar-refractivity contribution < 1.29 is 4.79 Å². The molecule has 0 aliphatic carbocycles. The van der Waals surface area contributed by atoms with Gasteiger partial charge in [0.05, 0.1) is 6.54 Å². The number of rotatable bonds is 4. The fourth-order valence-corrected chi connectivity index (χ4v) is 2.04. The Balaban J connectivity index is 2.28. The predicted molar refractivity (Wildman–Crippen MR) is 66.9 cm³/mol. The normalized spacial score (nSPS) is 10.9. The molecule has 0 atom stereocenters. The number of carbonyl (C=O) groups excluding carboxylic acids is 1. The van der Waals surface area contributed by atoms with E-state index in [0.29, 0.717) is 13.0 Å². The van der Waals surface area contributed by atoms with Crippen molar-refractivity contribution >= 4 is 28.3 Å². The van der Waals surface area contributed by atoms with E-state index < -0.39 is 0 Å². The van der Waals surface area contributed by atoms with Gasteiger partial charge < -0.3 is 4.57 Å². The highest BCUT2D eigenvalue weighted by Gasteiger charge is 2.05. The molecule has 2 rings (SSSR count). The van der Waals surface area contributed by atoms with Crippen LogP contribution >= 0.6 is 11.6 Å². The molecule has 0 radical (unpaired) electrons. The topological polar surface area (TPSA) is 22.0 Å². The number of aromatic nitrogens is 1. The molecule has 0 N–H and O–H groups in total. The monoisotopic (exact) mass is 235 g/mol. The standard InChI is InChI=1S/C13H14ClNO/c1-2-3-12(16)9-15-7-6-10-8-11(14)4-5-13(10)15/h4-8H,2-3,9H2,1H3. The maximum atomic E-state index is 11.6. The molecular weight excluding hydrogens is 222 g/mol. The van der Waals surface area contributed by atoms with Crippen LogP contribution in [0.4, 0.5) is 0 Å². The van der Waals surface area contributed by atoms with Gasteiger partial charge in [0.15, 0.2) is 5.78 Å². The Morgan fingerprint density at radius 1 is 1.38 bits per heavy atom. The molecule has 1 aromatic heterocycles. The number of Topliss-reactive ketones (excluding diaryl/α,β-unsaturated/α-hetero) is 1. The molecule has 0 aliphatic heterocycles. The van der Waals surface area contributed by atoms with Gasteiger partial charge in [-0.25, -0.2) is 0 Å². The zero-order valence-electron chi connectivity index (χ0n) is 9.24. The fraction of sp³-hybridized carbons (Fsp3) is 0.308. The maximum absolute atomic E-state index is 11.6. The van der Waals surface area contributed by atoms with Crippen LogP contribution in [0.3, 0.4) is 0 Å². The van der Waals surface area contributed by atoms with Crippen molar-refractivity contribution in [1.29, 1.82) is 0 Å². The molecule has 1 heterocycles. The van der Waals surface area contributed by atoms with E-state index in [-0.39, 0.29) is 5.78 Å². The van der Waals surface area contributed by atoms with E-state index in [9.17, 15) is 4.79 Å². The average molecular weight is 236 g/mol. The van der Waals surface area contributed by atoms with E-state index in [1.807, 2.05) is 42.0 Å². The highest BCUT2D eigenvalue weighted by Crippen LogP contribution is 2.20. The van der Waals surface area contributed by atoms with Crippen molar-refractivity contribution in [2.75, 3.05) is 0 Å². The van der Waals surface area contributed by atoms with E-state index in [1.54, 1.807) is 0 Å². The van der Waals surface area contributed by atoms with Gasteiger partial charge in [0.2, 0.25) is 0 Å². The van der Waals surface area contributed by atoms with Gasteiger partial charge in [-0.2, -0.15) is 0 Å². The highest BCUT2D eigenvalue weighted by atomic mass is 35.5. The lowest BCUT2D eigenvalue weighted by atomic mass is 10.2. The Kier molecular flexibility index (Phi) is 3.30. The molecule has 0 bridgehead atoms. The number of nitrogens with zero attached hydrogens (tertiary/aromatic N) is 1. The van der Waals surface area contributed by atoms with Crippen LogP contribution in [-0.2, 0) is 11.3 Å². The lowest BCUT2D eigenvalue weighted by molar-refractivity contribution is -0.119. The second-order valence-electron chi connectivity index (χ2n) is 3.94. The second kappa shape index (κ2) is 4.71. The van der Waals surface area contributed by atoms with Crippen LogP contribution in [0.2, 0.25) is 5.02 Å². The number of hydrogen-bond acceptors (Lipinski definition) is 1. The summed E-state index contributed by atoms with van der Waals surface area (Å²) in [6, 6.07) is 7.71. The first-order chi connectivity index (χ1) is 7.70. The largest absolute Gasteiger partial charge is 0.340 e. The second-order valence-corrected chi connectivity index (χ2v) is 4.37. The third-order valence-corrected chi connectivity index (χ3v) is 2.84. The molecule has 16 heavy (non-hydrogen) atoms. The molecule has 2 aromatic rings. The molecule has 2 nitrogen and oxygen atoms in total. The minimum atomic E-state index is 0.273. The van der Waals surface area contributed by atoms with E-state index in [4.69, 9.17) is 11.6 Å². The summed E-state index contributed by atoms with van der Waals surface area (Å²) in [6.07, 6.45) is 3.49. The van der Waals surface area contributed by atoms with Crippen LogP contribution in [0.5, 0.6) is 0 Å². The van der Waals surface area contributed by atoms with Gasteiger partial charge in [0.25, 0.3) is 0 Å². The van der Waals surface area contributed by atoms with Crippen molar-refractivity contribution in [2.45, 2.75) is 26.3 Å². The van der Waals surface area contributed by atoms with Crippen molar-refractivity contribution in [3.63, 3.8) is 0 Å². The lowest BCUT2D eigenvalue weighted by Crippen LogP contribution is -2.08. The molecule has 0 spiro atoms. The minimum Gasteiger partial charge on any atom is -0.340 e. The Labute approximate surface area is 99.8 Å². The summed E-state index contributed by atoms with van der Waals surface area (Å²) >= 11 is 5.91. The van der Waals surface area contributed by atoms with E-state index in [1.165, 1.54) is 0 Å². The number of hydrogen-bond donors (Lipinski definition) is 0. The van der Waals surface area contributed by atoms with Crippen molar-refractivity contribution in [2.24, 2.45) is 0 Å². The van der Waals surface area contributed by atoms with Crippen molar-refractivity contribution in [3.05, 3.63) is 35.5 Å². The summed E-state index contributed by atoms with van der Waals surface area (Å²) in [6.45, 7) is 2.48. The fourth-order valence-electron chi connectivity index (χ4n) is 1.86. The summed E-state index contributed by atoms with van der Waals surface area (Å²) < 4.78 is 1.98. The molecular formula is C13H14ClNO. The van der Waals surface area contributed by atoms with Gasteiger partial charge in [-0.15, -0.1) is 0 Å². The average Bonchev–Trinajstić information content (AvgIpc) is 2.61. The molecule has 0 saturated heterocycles. The summed E-state index contributed by atoms with van der Waals surface area (Å²) in [7, 11) is 0. The highest BCUT2D eigenvalue weighted by molar-refractivity contribution is 6.31. The van der Waals surface area contributed by atoms with Gasteiger partial charge >= 0.3 is 0 Å². The molecule has 0 fully saturated rings. The van der Waals surface area contributed by atoms with Crippen LogP contribution in [0.25, 0.3) is 10.9 Å². The number of halogens is 1. The molecule has 0 unspecified atom stereocenters. The summed E-state index contributed by atoms with van der Waals surface area (Å²) in [5.41, 5.74) is 1.06. The molecule has 0 saturated carbocycles. The number of benzene rings is 1. The van der Waals surface area contributed by atoms with Gasteiger partial charge in [0, 0.05) is 28.5 Å². The van der Waals surface area contributed by atoms with Crippen molar-refractivity contribution in [1.82, 2.24) is 4.57 Å². The minimum absolute atomic E-state index is 0.273.